The molecule has 4 heteroatoms. The standard InChI is InChI=1S/C11H19BrN2S/c1-2-3-4-9(13)7-14-8-11-10(12)5-6-15-11/h5-6,9,14H,2-4,7-8,13H2,1H3. The lowest BCUT2D eigenvalue weighted by atomic mass is 10.1. The molecule has 3 N–H and O–H groups in total. The van der Waals surface area contributed by atoms with Gasteiger partial charge in [-0.05, 0) is 33.8 Å². The lowest BCUT2D eigenvalue weighted by molar-refractivity contribution is 0.525. The molecule has 1 aromatic rings. The minimum atomic E-state index is 0.295. The summed E-state index contributed by atoms with van der Waals surface area (Å²) in [4.78, 5) is 1.35. The fourth-order valence-corrected chi connectivity index (χ4v) is 2.85. The van der Waals surface area contributed by atoms with Crippen molar-refractivity contribution in [2.75, 3.05) is 6.54 Å². The summed E-state index contributed by atoms with van der Waals surface area (Å²) in [5, 5.41) is 5.49. The molecule has 1 heterocycles. The SMILES string of the molecule is CCCCC(N)CNCc1sccc1Br. The Morgan fingerprint density at radius 3 is 3.00 bits per heavy atom. The van der Waals surface area contributed by atoms with E-state index in [0.29, 0.717) is 6.04 Å². The molecule has 15 heavy (non-hydrogen) atoms. The lowest BCUT2D eigenvalue weighted by Crippen LogP contribution is -2.33. The second kappa shape index (κ2) is 7.39. The predicted molar refractivity (Wildman–Crippen MR) is 71.2 cm³/mol. The van der Waals surface area contributed by atoms with Crippen LogP contribution in [0.3, 0.4) is 0 Å². The lowest BCUT2D eigenvalue weighted by Gasteiger charge is -2.11. The molecule has 1 aromatic heterocycles. The topological polar surface area (TPSA) is 38.0 Å². The van der Waals surface area contributed by atoms with E-state index in [1.165, 1.54) is 22.2 Å². The Balaban J connectivity index is 2.13. The Bertz CT molecular complexity index is 275. The number of nitrogens with two attached hydrogens (primary N) is 1. The summed E-state index contributed by atoms with van der Waals surface area (Å²) in [6, 6.07) is 2.38. The van der Waals surface area contributed by atoms with Gasteiger partial charge in [-0.3, -0.25) is 0 Å². The van der Waals surface area contributed by atoms with Gasteiger partial charge in [0.25, 0.3) is 0 Å². The highest BCUT2D eigenvalue weighted by atomic mass is 79.9. The first-order chi connectivity index (χ1) is 7.24. The van der Waals surface area contributed by atoms with E-state index in [-0.39, 0.29) is 0 Å². The van der Waals surface area contributed by atoms with Gasteiger partial charge in [-0.15, -0.1) is 11.3 Å². The van der Waals surface area contributed by atoms with Gasteiger partial charge in [0.05, 0.1) is 0 Å². The molecule has 0 spiro atoms. The molecule has 0 amide bonds. The molecule has 0 fully saturated rings. The van der Waals surface area contributed by atoms with Crippen molar-refractivity contribution in [2.45, 2.75) is 38.8 Å². The number of halogens is 1. The third kappa shape index (κ3) is 5.11. The van der Waals surface area contributed by atoms with Gasteiger partial charge in [0, 0.05) is 28.5 Å². The normalized spacial score (nSPS) is 13.0. The summed E-state index contributed by atoms with van der Waals surface area (Å²) < 4.78 is 1.20. The highest BCUT2D eigenvalue weighted by molar-refractivity contribution is 9.10. The molecule has 1 unspecified atom stereocenters. The highest BCUT2D eigenvalue weighted by Crippen LogP contribution is 2.21. The largest absolute Gasteiger partial charge is 0.327 e. The maximum absolute atomic E-state index is 5.97. The molecule has 2 nitrogen and oxygen atoms in total. The summed E-state index contributed by atoms with van der Waals surface area (Å²) in [5.74, 6) is 0. The average Bonchev–Trinajstić information content (AvgIpc) is 2.61. The van der Waals surface area contributed by atoms with Crippen molar-refractivity contribution in [2.24, 2.45) is 5.73 Å². The molecular formula is C11H19BrN2S. The van der Waals surface area contributed by atoms with E-state index in [4.69, 9.17) is 5.73 Å². The van der Waals surface area contributed by atoms with E-state index in [1.54, 1.807) is 11.3 Å². The summed E-state index contributed by atoms with van der Waals surface area (Å²) in [5.41, 5.74) is 5.97. The fraction of sp³-hybridized carbons (Fsp3) is 0.636. The summed E-state index contributed by atoms with van der Waals surface area (Å²) >= 11 is 5.28. The van der Waals surface area contributed by atoms with Crippen molar-refractivity contribution in [1.29, 1.82) is 0 Å². The number of rotatable bonds is 7. The number of hydrogen-bond donors (Lipinski definition) is 2. The van der Waals surface area contributed by atoms with Crippen LogP contribution in [0, 0.1) is 0 Å². The molecule has 0 aliphatic carbocycles. The Morgan fingerprint density at radius 1 is 1.60 bits per heavy atom. The molecular weight excluding hydrogens is 272 g/mol. The first-order valence-corrected chi connectivity index (χ1v) is 7.09. The van der Waals surface area contributed by atoms with E-state index in [2.05, 4.69) is 39.6 Å². The van der Waals surface area contributed by atoms with Crippen LogP contribution in [-0.4, -0.2) is 12.6 Å². The first-order valence-electron chi connectivity index (χ1n) is 5.42. The molecule has 0 radical (unpaired) electrons. The Morgan fingerprint density at radius 2 is 2.40 bits per heavy atom. The Kier molecular flexibility index (Phi) is 6.48. The van der Waals surface area contributed by atoms with Gasteiger partial charge in [0.1, 0.15) is 0 Å². The summed E-state index contributed by atoms with van der Waals surface area (Å²) in [6.45, 7) is 4.02. The van der Waals surface area contributed by atoms with Crippen LogP contribution < -0.4 is 11.1 Å². The van der Waals surface area contributed by atoms with Crippen LogP contribution in [0.25, 0.3) is 0 Å². The molecule has 0 bridgehead atoms. The minimum Gasteiger partial charge on any atom is -0.327 e. The smallest absolute Gasteiger partial charge is 0.0327 e. The van der Waals surface area contributed by atoms with Crippen molar-refractivity contribution in [3.8, 4) is 0 Å². The number of thiophene rings is 1. The predicted octanol–water partition coefficient (Wildman–Crippen LogP) is 3.12. The van der Waals surface area contributed by atoms with Gasteiger partial charge in [-0.2, -0.15) is 0 Å². The Labute approximate surface area is 104 Å². The first kappa shape index (κ1) is 13.2. The van der Waals surface area contributed by atoms with Crippen LogP contribution in [0.5, 0.6) is 0 Å². The van der Waals surface area contributed by atoms with Gasteiger partial charge in [0.15, 0.2) is 0 Å². The third-order valence-electron chi connectivity index (χ3n) is 2.31. The second-order valence-electron chi connectivity index (χ2n) is 3.72. The fourth-order valence-electron chi connectivity index (χ4n) is 1.39. The maximum atomic E-state index is 5.97. The van der Waals surface area contributed by atoms with Gasteiger partial charge >= 0.3 is 0 Å². The van der Waals surface area contributed by atoms with Crippen molar-refractivity contribution >= 4 is 27.3 Å². The zero-order valence-corrected chi connectivity index (χ0v) is 11.5. The van der Waals surface area contributed by atoms with E-state index < -0.39 is 0 Å². The van der Waals surface area contributed by atoms with Crippen LogP contribution in [0.1, 0.15) is 31.1 Å². The average molecular weight is 291 g/mol. The van der Waals surface area contributed by atoms with Crippen molar-refractivity contribution in [3.63, 3.8) is 0 Å². The minimum absolute atomic E-state index is 0.295. The van der Waals surface area contributed by atoms with Gasteiger partial charge in [-0.1, -0.05) is 19.8 Å². The van der Waals surface area contributed by atoms with Crippen LogP contribution >= 0.6 is 27.3 Å². The van der Waals surface area contributed by atoms with E-state index >= 15 is 0 Å². The van der Waals surface area contributed by atoms with Crippen LogP contribution in [0.15, 0.2) is 15.9 Å². The van der Waals surface area contributed by atoms with Crippen molar-refractivity contribution in [3.05, 3.63) is 20.8 Å². The van der Waals surface area contributed by atoms with E-state index in [0.717, 1.165) is 19.5 Å². The molecule has 0 aliphatic heterocycles. The molecule has 0 saturated carbocycles. The van der Waals surface area contributed by atoms with Gasteiger partial charge in [0.2, 0.25) is 0 Å². The molecule has 1 rings (SSSR count). The molecule has 1 atom stereocenters. The quantitative estimate of drug-likeness (QED) is 0.810. The number of unbranched alkanes of at least 4 members (excludes halogenated alkanes) is 1. The van der Waals surface area contributed by atoms with Crippen LogP contribution in [-0.2, 0) is 6.54 Å². The zero-order valence-electron chi connectivity index (χ0n) is 9.13. The van der Waals surface area contributed by atoms with Crippen molar-refractivity contribution in [1.82, 2.24) is 5.32 Å². The zero-order chi connectivity index (χ0) is 11.1. The summed E-state index contributed by atoms with van der Waals surface area (Å²) in [6.07, 6.45) is 3.57. The van der Waals surface area contributed by atoms with Crippen LogP contribution in [0.4, 0.5) is 0 Å². The Hall–Kier alpha value is 0.100. The maximum Gasteiger partial charge on any atom is 0.0327 e. The van der Waals surface area contributed by atoms with Gasteiger partial charge < -0.3 is 11.1 Å². The van der Waals surface area contributed by atoms with Crippen molar-refractivity contribution < 1.29 is 0 Å². The molecule has 86 valence electrons. The number of nitrogens with one attached hydrogen (secondary N) is 1. The second-order valence-corrected chi connectivity index (χ2v) is 5.58. The molecule has 0 aliphatic rings. The van der Waals surface area contributed by atoms with Gasteiger partial charge in [-0.25, -0.2) is 0 Å². The van der Waals surface area contributed by atoms with E-state index in [1.807, 2.05) is 0 Å². The molecule has 0 aromatic carbocycles. The monoisotopic (exact) mass is 290 g/mol. The molecule has 0 saturated heterocycles. The number of hydrogen-bond acceptors (Lipinski definition) is 3. The highest BCUT2D eigenvalue weighted by Gasteiger charge is 2.03. The third-order valence-corrected chi connectivity index (χ3v) is 4.24. The van der Waals surface area contributed by atoms with Crippen LogP contribution in [0.2, 0.25) is 0 Å². The summed E-state index contributed by atoms with van der Waals surface area (Å²) in [7, 11) is 0. The van der Waals surface area contributed by atoms with E-state index in [9.17, 15) is 0 Å².